The van der Waals surface area contributed by atoms with E-state index >= 15 is 0 Å². The van der Waals surface area contributed by atoms with Gasteiger partial charge in [0.2, 0.25) is 11.8 Å². The van der Waals surface area contributed by atoms with Crippen LogP contribution in [-0.4, -0.2) is 43.8 Å². The van der Waals surface area contributed by atoms with Gasteiger partial charge in [0, 0.05) is 12.6 Å². The number of anilines is 1. The van der Waals surface area contributed by atoms with E-state index in [0.29, 0.717) is 22.4 Å². The van der Waals surface area contributed by atoms with Crippen molar-refractivity contribution in [2.75, 3.05) is 10.8 Å². The lowest BCUT2D eigenvalue weighted by Gasteiger charge is -2.34. The highest BCUT2D eigenvalue weighted by Gasteiger charge is 2.36. The highest BCUT2D eigenvalue weighted by atomic mass is 32.2. The topological polar surface area (TPSA) is 86.8 Å². The molecule has 3 aromatic carbocycles. The zero-order valence-electron chi connectivity index (χ0n) is 24.4. The molecule has 0 saturated carbocycles. The number of alkyl halides is 3. The molecule has 7 nitrogen and oxygen atoms in total. The Morgan fingerprint density at radius 1 is 0.930 bits per heavy atom. The first-order chi connectivity index (χ1) is 20.2. The van der Waals surface area contributed by atoms with Gasteiger partial charge in [0.15, 0.2) is 0 Å². The van der Waals surface area contributed by atoms with E-state index in [9.17, 15) is 35.6 Å². The Hall–Kier alpha value is -3.93. The molecule has 0 fully saturated rings. The number of nitrogens with one attached hydrogen (secondary N) is 1. The van der Waals surface area contributed by atoms with E-state index in [1.165, 1.54) is 59.5 Å². The first-order valence-electron chi connectivity index (χ1n) is 13.8. The van der Waals surface area contributed by atoms with E-state index in [2.05, 4.69) is 5.32 Å². The molecule has 43 heavy (non-hydrogen) atoms. The van der Waals surface area contributed by atoms with Crippen LogP contribution in [0.1, 0.15) is 50.3 Å². The van der Waals surface area contributed by atoms with Crippen LogP contribution in [0, 0.1) is 12.7 Å². The summed E-state index contributed by atoms with van der Waals surface area (Å²) >= 11 is 0. The third-order valence-electron chi connectivity index (χ3n) is 7.00. The quantitative estimate of drug-likeness (QED) is 0.249. The molecule has 2 atom stereocenters. The molecule has 0 saturated heterocycles. The van der Waals surface area contributed by atoms with E-state index in [1.54, 1.807) is 20.8 Å². The average Bonchev–Trinajstić information content (AvgIpc) is 2.96. The number of sulfonamides is 1. The van der Waals surface area contributed by atoms with Crippen LogP contribution in [0.2, 0.25) is 0 Å². The summed E-state index contributed by atoms with van der Waals surface area (Å²) in [5, 5.41) is 2.83. The number of rotatable bonds is 12. The van der Waals surface area contributed by atoms with Crippen molar-refractivity contribution in [1.29, 1.82) is 0 Å². The van der Waals surface area contributed by atoms with Crippen LogP contribution in [0.4, 0.5) is 23.2 Å². The fraction of sp³-hybridized carbons (Fsp3) is 0.355. The second-order valence-corrected chi connectivity index (χ2v) is 12.1. The molecule has 2 amide bonds. The van der Waals surface area contributed by atoms with Crippen molar-refractivity contribution in [2.24, 2.45) is 0 Å². The zero-order valence-corrected chi connectivity index (χ0v) is 25.2. The predicted molar refractivity (Wildman–Crippen MR) is 156 cm³/mol. The van der Waals surface area contributed by atoms with Gasteiger partial charge >= 0.3 is 6.18 Å². The highest BCUT2D eigenvalue weighted by molar-refractivity contribution is 7.92. The van der Waals surface area contributed by atoms with Crippen molar-refractivity contribution < 1.29 is 35.6 Å². The van der Waals surface area contributed by atoms with Crippen molar-refractivity contribution >= 4 is 27.5 Å². The number of benzene rings is 3. The van der Waals surface area contributed by atoms with Crippen LogP contribution in [0.5, 0.6) is 0 Å². The lowest BCUT2D eigenvalue weighted by molar-refractivity contribution is -0.140. The number of aryl methyl sites for hydroxylation is 1. The lowest BCUT2D eigenvalue weighted by Crippen LogP contribution is -2.53. The zero-order chi connectivity index (χ0) is 31.9. The van der Waals surface area contributed by atoms with Crippen LogP contribution in [0.25, 0.3) is 0 Å². The molecule has 0 radical (unpaired) electrons. The molecule has 0 unspecified atom stereocenters. The molecule has 12 heteroatoms. The van der Waals surface area contributed by atoms with Crippen LogP contribution in [0.3, 0.4) is 0 Å². The average molecular weight is 622 g/mol. The van der Waals surface area contributed by atoms with Crippen molar-refractivity contribution in [3.63, 3.8) is 0 Å². The van der Waals surface area contributed by atoms with Crippen LogP contribution in [0.15, 0.2) is 77.7 Å². The largest absolute Gasteiger partial charge is 0.416 e. The Morgan fingerprint density at radius 2 is 1.56 bits per heavy atom. The molecule has 0 aliphatic heterocycles. The fourth-order valence-corrected chi connectivity index (χ4v) is 5.76. The van der Waals surface area contributed by atoms with Gasteiger partial charge in [0.25, 0.3) is 10.0 Å². The van der Waals surface area contributed by atoms with Gasteiger partial charge in [-0.25, -0.2) is 12.8 Å². The monoisotopic (exact) mass is 621 g/mol. The summed E-state index contributed by atoms with van der Waals surface area (Å²) in [7, 11) is -4.55. The molecule has 232 valence electrons. The summed E-state index contributed by atoms with van der Waals surface area (Å²) in [5.74, 6) is -1.81. The van der Waals surface area contributed by atoms with Gasteiger partial charge < -0.3 is 10.2 Å². The molecular weight excluding hydrogens is 586 g/mol. The smallest absolute Gasteiger partial charge is 0.352 e. The van der Waals surface area contributed by atoms with Crippen molar-refractivity contribution in [3.05, 3.63) is 95.3 Å². The molecule has 1 N–H and O–H groups in total. The van der Waals surface area contributed by atoms with E-state index in [1.807, 2.05) is 6.92 Å². The molecule has 3 rings (SSSR count). The number of carbonyl (C=O) groups excluding carboxylic acids is 2. The standard InChI is InChI=1S/C31H35F4N3O4S/c1-5-22(4)36-30(40)28(6-2)37(19-23-12-14-25(32)15-13-23)29(39)20-38(26-9-7-8-24(18-26)31(33,34)35)43(41,42)27-16-10-21(3)11-17-27/h7-18,22,28H,5-6,19-20H2,1-4H3,(H,36,40)/t22-,28-/m1/s1. The molecule has 0 spiro atoms. The SMILES string of the molecule is CC[C@@H](C)NC(=O)[C@@H](CC)N(Cc1ccc(F)cc1)C(=O)CN(c1cccc(C(F)(F)F)c1)S(=O)(=O)c1ccc(C)cc1. The second kappa shape index (κ2) is 14.0. The molecule has 3 aromatic rings. The molecule has 0 aliphatic rings. The van der Waals surface area contributed by atoms with E-state index in [4.69, 9.17) is 0 Å². The predicted octanol–water partition coefficient (Wildman–Crippen LogP) is 6.07. The first-order valence-corrected chi connectivity index (χ1v) is 15.2. The van der Waals surface area contributed by atoms with Gasteiger partial charge in [-0.05, 0) is 74.7 Å². The van der Waals surface area contributed by atoms with E-state index < -0.39 is 52.0 Å². The van der Waals surface area contributed by atoms with Crippen molar-refractivity contribution in [2.45, 2.75) is 70.2 Å². The Kier molecular flexibility index (Phi) is 11.0. The maximum absolute atomic E-state index is 14.0. The number of nitrogens with zero attached hydrogens (tertiary/aromatic N) is 2. The van der Waals surface area contributed by atoms with Gasteiger partial charge in [0.1, 0.15) is 18.4 Å². The number of halogens is 4. The normalized spacial score (nSPS) is 13.2. The van der Waals surface area contributed by atoms with Gasteiger partial charge in [-0.15, -0.1) is 0 Å². The second-order valence-electron chi connectivity index (χ2n) is 10.3. The number of amides is 2. The fourth-order valence-electron chi connectivity index (χ4n) is 4.35. The maximum atomic E-state index is 14.0. The third-order valence-corrected chi connectivity index (χ3v) is 8.79. The summed E-state index contributed by atoms with van der Waals surface area (Å²) in [5.41, 5.74) is -0.243. The minimum absolute atomic E-state index is 0.156. The van der Waals surface area contributed by atoms with Gasteiger partial charge in [-0.2, -0.15) is 13.2 Å². The summed E-state index contributed by atoms with van der Waals surface area (Å²) in [4.78, 5) is 28.2. The highest BCUT2D eigenvalue weighted by Crippen LogP contribution is 2.33. The summed E-state index contributed by atoms with van der Waals surface area (Å²) in [6, 6.07) is 13.4. The number of hydrogen-bond donors (Lipinski definition) is 1. The van der Waals surface area contributed by atoms with Gasteiger partial charge in [-0.3, -0.25) is 13.9 Å². The van der Waals surface area contributed by atoms with Crippen molar-refractivity contribution in [3.8, 4) is 0 Å². The molecule has 0 aliphatic carbocycles. The Bertz CT molecular complexity index is 1510. The van der Waals surface area contributed by atoms with Crippen LogP contribution >= 0.6 is 0 Å². The molecular formula is C31H35F4N3O4S. The minimum atomic E-state index is -4.77. The summed E-state index contributed by atoms with van der Waals surface area (Å²) in [6.07, 6.45) is -4.00. The molecule has 0 aromatic heterocycles. The first kappa shape index (κ1) is 33.6. The van der Waals surface area contributed by atoms with Crippen LogP contribution in [-0.2, 0) is 32.3 Å². The lowest BCUT2D eigenvalue weighted by atomic mass is 10.1. The Balaban J connectivity index is 2.12. The van der Waals surface area contributed by atoms with Gasteiger partial charge in [0.05, 0.1) is 16.1 Å². The van der Waals surface area contributed by atoms with E-state index in [0.717, 1.165) is 17.7 Å². The molecule has 0 bridgehead atoms. The third kappa shape index (κ3) is 8.56. The van der Waals surface area contributed by atoms with Crippen molar-refractivity contribution in [1.82, 2.24) is 10.2 Å². The minimum Gasteiger partial charge on any atom is -0.352 e. The maximum Gasteiger partial charge on any atom is 0.416 e. The van der Waals surface area contributed by atoms with Gasteiger partial charge in [-0.1, -0.05) is 49.7 Å². The number of carbonyl (C=O) groups is 2. The number of hydrogen-bond acceptors (Lipinski definition) is 4. The van der Waals surface area contributed by atoms with Crippen LogP contribution < -0.4 is 9.62 Å². The molecule has 0 heterocycles. The van der Waals surface area contributed by atoms with E-state index in [-0.39, 0.29) is 29.6 Å². The summed E-state index contributed by atoms with van der Waals surface area (Å²) < 4.78 is 82.8. The summed E-state index contributed by atoms with van der Waals surface area (Å²) in [6.45, 7) is 6.02. The Labute approximate surface area is 249 Å². The Morgan fingerprint density at radius 3 is 2.12 bits per heavy atom.